The number of fused-ring (bicyclic) bond motifs is 5. The van der Waals surface area contributed by atoms with Crippen LogP contribution < -0.4 is 15.1 Å². The second kappa shape index (κ2) is 5.41. The largest absolute Gasteiger partial charge is 0.507 e. The number of ether oxygens (including phenoxy) is 2. The number of methoxy groups -OCH3 is 2. The second-order valence-electron chi connectivity index (χ2n) is 5.88. The molecule has 4 rings (SSSR count). The molecule has 0 aliphatic carbocycles. The van der Waals surface area contributed by atoms with Crippen molar-refractivity contribution >= 4 is 32.5 Å². The van der Waals surface area contributed by atoms with E-state index in [9.17, 15) is 9.90 Å². The third-order valence-electron chi connectivity index (χ3n) is 4.54. The molecule has 0 unspecified atom stereocenters. The molecule has 1 N–H and O–H groups in total. The van der Waals surface area contributed by atoms with Crippen molar-refractivity contribution in [2.24, 2.45) is 0 Å². The second-order valence-corrected chi connectivity index (χ2v) is 5.88. The minimum atomic E-state index is -0.436. The monoisotopic (exact) mass is 336 g/mol. The van der Waals surface area contributed by atoms with Crippen molar-refractivity contribution in [2.45, 2.75) is 6.92 Å². The number of hydrogen-bond donors (Lipinski definition) is 1. The zero-order chi connectivity index (χ0) is 17.7. The van der Waals surface area contributed by atoms with Gasteiger partial charge in [-0.05, 0) is 30.7 Å². The van der Waals surface area contributed by atoms with Crippen LogP contribution in [-0.4, -0.2) is 19.3 Å². The van der Waals surface area contributed by atoms with Gasteiger partial charge in [-0.25, -0.2) is 4.79 Å². The lowest BCUT2D eigenvalue weighted by atomic mass is 9.99. The molecule has 0 saturated heterocycles. The molecule has 1 aromatic heterocycles. The first-order chi connectivity index (χ1) is 12.1. The minimum Gasteiger partial charge on any atom is -0.507 e. The summed E-state index contributed by atoms with van der Waals surface area (Å²) in [6.07, 6.45) is 0. The highest BCUT2D eigenvalue weighted by atomic mass is 16.5. The summed E-state index contributed by atoms with van der Waals surface area (Å²) in [4.78, 5) is 12.6. The summed E-state index contributed by atoms with van der Waals surface area (Å²) < 4.78 is 16.6. The summed E-state index contributed by atoms with van der Waals surface area (Å²) in [5, 5.41) is 13.2. The van der Waals surface area contributed by atoms with Gasteiger partial charge in [-0.3, -0.25) is 0 Å². The summed E-state index contributed by atoms with van der Waals surface area (Å²) >= 11 is 0. The summed E-state index contributed by atoms with van der Waals surface area (Å²) in [5.41, 5.74) is 0.767. The Morgan fingerprint density at radius 3 is 2.40 bits per heavy atom. The molecule has 4 aromatic rings. The number of phenolic OH excluding ortho intramolecular Hbond substituents is 1. The van der Waals surface area contributed by atoms with Crippen LogP contribution in [0, 0.1) is 6.92 Å². The van der Waals surface area contributed by atoms with Crippen LogP contribution in [0.4, 0.5) is 0 Å². The summed E-state index contributed by atoms with van der Waals surface area (Å²) in [7, 11) is 3.10. The van der Waals surface area contributed by atoms with E-state index < -0.39 is 5.63 Å². The van der Waals surface area contributed by atoms with Gasteiger partial charge in [0.2, 0.25) is 0 Å². The van der Waals surface area contributed by atoms with Gasteiger partial charge in [-0.1, -0.05) is 18.2 Å². The highest BCUT2D eigenvalue weighted by Gasteiger charge is 2.19. The Morgan fingerprint density at radius 1 is 0.920 bits per heavy atom. The van der Waals surface area contributed by atoms with E-state index in [1.807, 2.05) is 19.1 Å². The molecule has 1 heterocycles. The van der Waals surface area contributed by atoms with Crippen LogP contribution in [-0.2, 0) is 0 Å². The van der Waals surface area contributed by atoms with E-state index in [4.69, 9.17) is 13.9 Å². The Labute approximate surface area is 143 Å². The van der Waals surface area contributed by atoms with E-state index in [1.54, 1.807) is 31.4 Å². The molecule has 0 fully saturated rings. The van der Waals surface area contributed by atoms with Crippen LogP contribution in [0.2, 0.25) is 0 Å². The number of aromatic hydroxyl groups is 1. The van der Waals surface area contributed by atoms with E-state index in [1.165, 1.54) is 7.11 Å². The molecule has 25 heavy (non-hydrogen) atoms. The van der Waals surface area contributed by atoms with Gasteiger partial charge in [0.05, 0.1) is 25.0 Å². The van der Waals surface area contributed by atoms with E-state index in [0.29, 0.717) is 44.0 Å². The standard InChI is InChI=1S/C20H16O5/c1-10-7-8-14(23-2)18-12-9-15(24-3)17-11(5-4-6-13(17)21)19(12)25-20(22)16(10)18/h4-9,21H,1-3H3. The van der Waals surface area contributed by atoms with Gasteiger partial charge in [0, 0.05) is 16.2 Å². The molecule has 0 amide bonds. The van der Waals surface area contributed by atoms with Crippen molar-refractivity contribution in [1.82, 2.24) is 0 Å². The van der Waals surface area contributed by atoms with Crippen molar-refractivity contribution in [2.75, 3.05) is 14.2 Å². The zero-order valence-electron chi connectivity index (χ0n) is 14.0. The summed E-state index contributed by atoms with van der Waals surface area (Å²) in [6, 6.07) is 10.5. The van der Waals surface area contributed by atoms with E-state index in [2.05, 4.69) is 0 Å². The molecule has 0 radical (unpaired) electrons. The van der Waals surface area contributed by atoms with Gasteiger partial charge in [-0.2, -0.15) is 0 Å². The quantitative estimate of drug-likeness (QED) is 0.440. The van der Waals surface area contributed by atoms with E-state index in [-0.39, 0.29) is 5.75 Å². The Morgan fingerprint density at radius 2 is 1.68 bits per heavy atom. The third kappa shape index (κ3) is 2.05. The lowest BCUT2D eigenvalue weighted by Gasteiger charge is -2.13. The SMILES string of the molecule is COc1cc2c(oc(=O)c3c(C)ccc(OC)c32)c2cccc(O)c12. The van der Waals surface area contributed by atoms with Crippen molar-refractivity contribution < 1.29 is 19.0 Å². The van der Waals surface area contributed by atoms with Crippen molar-refractivity contribution in [1.29, 1.82) is 0 Å². The molecule has 0 aliphatic rings. The first-order valence-electron chi connectivity index (χ1n) is 7.79. The van der Waals surface area contributed by atoms with E-state index >= 15 is 0 Å². The lowest BCUT2D eigenvalue weighted by molar-refractivity contribution is 0.416. The molecule has 0 bridgehead atoms. The number of hydrogen-bond acceptors (Lipinski definition) is 5. The van der Waals surface area contributed by atoms with Crippen LogP contribution in [0.25, 0.3) is 32.5 Å². The minimum absolute atomic E-state index is 0.0650. The highest BCUT2D eigenvalue weighted by molar-refractivity contribution is 6.18. The molecular weight excluding hydrogens is 320 g/mol. The van der Waals surface area contributed by atoms with Crippen LogP contribution in [0.3, 0.4) is 0 Å². The predicted octanol–water partition coefficient (Wildman–Crippen LogP) is 4.13. The average Bonchev–Trinajstić information content (AvgIpc) is 2.61. The molecule has 5 nitrogen and oxygen atoms in total. The summed E-state index contributed by atoms with van der Waals surface area (Å²) in [5.74, 6) is 1.15. The average molecular weight is 336 g/mol. The summed E-state index contributed by atoms with van der Waals surface area (Å²) in [6.45, 7) is 1.86. The first kappa shape index (κ1) is 15.3. The Balaban J connectivity index is 2.39. The lowest BCUT2D eigenvalue weighted by Crippen LogP contribution is -2.04. The van der Waals surface area contributed by atoms with Gasteiger partial charge in [-0.15, -0.1) is 0 Å². The maximum absolute atomic E-state index is 12.6. The smallest absolute Gasteiger partial charge is 0.344 e. The number of aryl methyl sites for hydroxylation is 1. The van der Waals surface area contributed by atoms with Crippen LogP contribution in [0.15, 0.2) is 45.6 Å². The van der Waals surface area contributed by atoms with Crippen LogP contribution >= 0.6 is 0 Å². The Hall–Kier alpha value is -3.21. The predicted molar refractivity (Wildman–Crippen MR) is 97.0 cm³/mol. The number of phenols is 1. The maximum atomic E-state index is 12.6. The van der Waals surface area contributed by atoms with Crippen molar-refractivity contribution in [3.05, 3.63) is 52.4 Å². The van der Waals surface area contributed by atoms with E-state index in [0.717, 1.165) is 5.56 Å². The van der Waals surface area contributed by atoms with Gasteiger partial charge < -0.3 is 19.0 Å². The van der Waals surface area contributed by atoms with Crippen LogP contribution in [0.1, 0.15) is 5.56 Å². The molecule has 0 spiro atoms. The van der Waals surface area contributed by atoms with Gasteiger partial charge in [0.25, 0.3) is 0 Å². The molecule has 5 heteroatoms. The fourth-order valence-electron chi connectivity index (χ4n) is 3.39. The van der Waals surface area contributed by atoms with Gasteiger partial charge in [0.1, 0.15) is 22.8 Å². The normalized spacial score (nSPS) is 11.3. The topological polar surface area (TPSA) is 68.9 Å². The molecule has 0 atom stereocenters. The first-order valence-corrected chi connectivity index (χ1v) is 7.79. The van der Waals surface area contributed by atoms with Crippen molar-refractivity contribution in [3.8, 4) is 17.2 Å². The molecule has 0 aliphatic heterocycles. The fraction of sp³-hybridized carbons (Fsp3) is 0.150. The molecule has 0 saturated carbocycles. The molecule has 126 valence electrons. The Kier molecular flexibility index (Phi) is 3.32. The number of rotatable bonds is 2. The fourth-order valence-corrected chi connectivity index (χ4v) is 3.39. The zero-order valence-corrected chi connectivity index (χ0v) is 14.0. The Bertz CT molecular complexity index is 1200. The number of benzene rings is 3. The van der Waals surface area contributed by atoms with Crippen LogP contribution in [0.5, 0.6) is 17.2 Å². The third-order valence-corrected chi connectivity index (χ3v) is 4.54. The molecular formula is C20H16O5. The van der Waals surface area contributed by atoms with Crippen molar-refractivity contribution in [3.63, 3.8) is 0 Å². The maximum Gasteiger partial charge on any atom is 0.344 e. The highest BCUT2D eigenvalue weighted by Crippen LogP contribution is 2.42. The van der Waals surface area contributed by atoms with Gasteiger partial charge in [0.15, 0.2) is 0 Å². The molecule has 3 aromatic carbocycles. The van der Waals surface area contributed by atoms with Gasteiger partial charge >= 0.3 is 5.63 Å².